The zero-order chi connectivity index (χ0) is 21.2. The molecule has 1 fully saturated rings. The van der Waals surface area contributed by atoms with Crippen molar-refractivity contribution in [1.29, 1.82) is 0 Å². The van der Waals surface area contributed by atoms with Crippen molar-refractivity contribution in [2.75, 3.05) is 26.2 Å². The van der Waals surface area contributed by atoms with Gasteiger partial charge in [-0.25, -0.2) is 9.59 Å². The molecule has 0 aliphatic carbocycles. The zero-order valence-corrected chi connectivity index (χ0v) is 17.5. The van der Waals surface area contributed by atoms with Gasteiger partial charge in [-0.2, -0.15) is 0 Å². The summed E-state index contributed by atoms with van der Waals surface area (Å²) in [6, 6.07) is 20.7. The smallest absolute Gasteiger partial charge is 0.409 e. The van der Waals surface area contributed by atoms with Gasteiger partial charge in [0.1, 0.15) is 0 Å². The van der Waals surface area contributed by atoms with E-state index in [-0.39, 0.29) is 24.1 Å². The first-order valence-corrected chi connectivity index (χ1v) is 10.7. The molecule has 1 aliphatic heterocycles. The number of nitrogens with zero attached hydrogens (tertiary/aromatic N) is 1. The van der Waals surface area contributed by atoms with Crippen LogP contribution in [0.5, 0.6) is 0 Å². The van der Waals surface area contributed by atoms with E-state index in [0.29, 0.717) is 26.2 Å². The molecular weight excluding hydrogens is 378 g/mol. The first kappa shape index (κ1) is 21.7. The third-order valence-electron chi connectivity index (χ3n) is 5.48. The molecule has 3 rings (SSSR count). The molecule has 0 unspecified atom stereocenters. The summed E-state index contributed by atoms with van der Waals surface area (Å²) in [7, 11) is 0. The van der Waals surface area contributed by atoms with Gasteiger partial charge in [0.25, 0.3) is 0 Å². The van der Waals surface area contributed by atoms with Crippen molar-refractivity contribution >= 4 is 12.1 Å². The lowest BCUT2D eigenvalue weighted by molar-refractivity contribution is 0.0957. The third kappa shape index (κ3) is 6.24. The lowest BCUT2D eigenvalue weighted by atomic mass is 9.88. The predicted octanol–water partition coefficient (Wildman–Crippen LogP) is 4.13. The number of nitrogens with one attached hydrogen (secondary N) is 2. The van der Waals surface area contributed by atoms with Crippen LogP contribution in [-0.4, -0.2) is 49.3 Å². The second kappa shape index (κ2) is 11.2. The molecule has 2 N–H and O–H groups in total. The average Bonchev–Trinajstić information content (AvgIpc) is 2.78. The first-order chi connectivity index (χ1) is 14.7. The average molecular weight is 410 g/mol. The highest BCUT2D eigenvalue weighted by atomic mass is 16.6. The summed E-state index contributed by atoms with van der Waals surface area (Å²) in [5.41, 5.74) is 2.49. The molecule has 0 bridgehead atoms. The summed E-state index contributed by atoms with van der Waals surface area (Å²) in [5, 5.41) is 6.03. The van der Waals surface area contributed by atoms with E-state index >= 15 is 0 Å². The number of likely N-dealkylation sites (tertiary alicyclic amines) is 1. The molecule has 3 amide bonds. The van der Waals surface area contributed by atoms with Crippen LogP contribution >= 0.6 is 0 Å². The number of rotatable bonds is 7. The molecule has 6 heteroatoms. The first-order valence-electron chi connectivity index (χ1n) is 10.7. The Labute approximate surface area is 178 Å². The van der Waals surface area contributed by atoms with Crippen LogP contribution in [0.15, 0.2) is 60.7 Å². The van der Waals surface area contributed by atoms with Gasteiger partial charge in [0, 0.05) is 31.6 Å². The molecule has 1 saturated heterocycles. The Morgan fingerprint density at radius 3 is 2.10 bits per heavy atom. The highest BCUT2D eigenvalue weighted by Gasteiger charge is 2.24. The standard InChI is InChI=1S/C24H31N3O3/c1-2-30-24(29)27-17-14-21(15-18-27)26-23(28)25-16-13-22(19-9-5-3-6-10-19)20-11-7-4-8-12-20/h3-12,21-22H,2,13-18H2,1H3,(H2,25,26,28). The topological polar surface area (TPSA) is 70.7 Å². The van der Waals surface area contributed by atoms with E-state index in [1.807, 2.05) is 36.4 Å². The van der Waals surface area contributed by atoms with Crippen LogP contribution in [0.3, 0.4) is 0 Å². The van der Waals surface area contributed by atoms with E-state index in [1.54, 1.807) is 11.8 Å². The molecule has 2 aromatic carbocycles. The minimum absolute atomic E-state index is 0.0784. The van der Waals surface area contributed by atoms with Gasteiger partial charge in [0.2, 0.25) is 0 Å². The Balaban J connectivity index is 1.45. The summed E-state index contributed by atoms with van der Waals surface area (Å²) in [4.78, 5) is 25.8. The van der Waals surface area contributed by atoms with E-state index in [0.717, 1.165) is 19.3 Å². The monoisotopic (exact) mass is 409 g/mol. The largest absolute Gasteiger partial charge is 0.450 e. The van der Waals surface area contributed by atoms with E-state index in [1.165, 1.54) is 11.1 Å². The normalized spacial score (nSPS) is 14.4. The lowest BCUT2D eigenvalue weighted by Crippen LogP contribution is -2.49. The van der Waals surface area contributed by atoms with Crippen LogP contribution in [0, 0.1) is 0 Å². The van der Waals surface area contributed by atoms with E-state index < -0.39 is 0 Å². The number of carbonyl (C=O) groups is 2. The molecule has 1 aliphatic rings. The number of amides is 3. The quantitative estimate of drug-likeness (QED) is 0.722. The SMILES string of the molecule is CCOC(=O)N1CCC(NC(=O)NCCC(c2ccccc2)c2ccccc2)CC1. The number of benzene rings is 2. The fraction of sp³-hybridized carbons (Fsp3) is 0.417. The lowest BCUT2D eigenvalue weighted by Gasteiger charge is -2.31. The molecule has 1 heterocycles. The van der Waals surface area contributed by atoms with Gasteiger partial charge in [-0.3, -0.25) is 0 Å². The number of hydrogen-bond acceptors (Lipinski definition) is 3. The van der Waals surface area contributed by atoms with Crippen LogP contribution in [-0.2, 0) is 4.74 Å². The van der Waals surface area contributed by atoms with Crippen LogP contribution < -0.4 is 10.6 Å². The molecule has 30 heavy (non-hydrogen) atoms. The molecule has 0 radical (unpaired) electrons. The molecule has 160 valence electrons. The van der Waals surface area contributed by atoms with E-state index in [2.05, 4.69) is 34.9 Å². The molecule has 2 aromatic rings. The Bertz CT molecular complexity index is 750. The molecule has 0 atom stereocenters. The van der Waals surface area contributed by atoms with Crippen molar-refractivity contribution < 1.29 is 14.3 Å². The van der Waals surface area contributed by atoms with Crippen molar-refractivity contribution in [2.24, 2.45) is 0 Å². The highest BCUT2D eigenvalue weighted by molar-refractivity contribution is 5.74. The van der Waals surface area contributed by atoms with Gasteiger partial charge in [-0.15, -0.1) is 0 Å². The Morgan fingerprint density at radius 1 is 1.00 bits per heavy atom. The number of urea groups is 1. The fourth-order valence-corrected chi connectivity index (χ4v) is 3.88. The second-order valence-corrected chi connectivity index (χ2v) is 7.52. The van der Waals surface area contributed by atoms with Crippen molar-refractivity contribution in [3.05, 3.63) is 71.8 Å². The highest BCUT2D eigenvalue weighted by Crippen LogP contribution is 2.27. The zero-order valence-electron chi connectivity index (χ0n) is 17.5. The third-order valence-corrected chi connectivity index (χ3v) is 5.48. The summed E-state index contributed by atoms with van der Waals surface area (Å²) < 4.78 is 5.03. The van der Waals surface area contributed by atoms with Crippen molar-refractivity contribution in [3.63, 3.8) is 0 Å². The van der Waals surface area contributed by atoms with Gasteiger partial charge in [0.15, 0.2) is 0 Å². The maximum atomic E-state index is 12.4. The van der Waals surface area contributed by atoms with Gasteiger partial charge in [-0.1, -0.05) is 60.7 Å². The maximum Gasteiger partial charge on any atom is 0.409 e. The molecule has 0 saturated carbocycles. The van der Waals surface area contributed by atoms with Gasteiger partial charge in [-0.05, 0) is 37.3 Å². The van der Waals surface area contributed by atoms with Gasteiger partial charge >= 0.3 is 12.1 Å². The molecule has 0 aromatic heterocycles. The molecule has 6 nitrogen and oxygen atoms in total. The van der Waals surface area contributed by atoms with Crippen LogP contribution in [0.2, 0.25) is 0 Å². The number of hydrogen-bond donors (Lipinski definition) is 2. The summed E-state index contributed by atoms with van der Waals surface area (Å²) in [6.45, 7) is 3.98. The predicted molar refractivity (Wildman–Crippen MR) is 117 cm³/mol. The van der Waals surface area contributed by atoms with Gasteiger partial charge < -0.3 is 20.3 Å². The van der Waals surface area contributed by atoms with Crippen molar-refractivity contribution in [3.8, 4) is 0 Å². The number of ether oxygens (including phenoxy) is 1. The molecule has 0 spiro atoms. The Kier molecular flexibility index (Phi) is 8.12. The van der Waals surface area contributed by atoms with Gasteiger partial charge in [0.05, 0.1) is 6.61 Å². The number of carbonyl (C=O) groups excluding carboxylic acids is 2. The summed E-state index contributed by atoms with van der Waals surface area (Å²) in [5.74, 6) is 0.237. The minimum atomic E-state index is -0.270. The molecular formula is C24H31N3O3. The summed E-state index contributed by atoms with van der Waals surface area (Å²) in [6.07, 6.45) is 2.03. The van der Waals surface area contributed by atoms with Crippen LogP contribution in [0.25, 0.3) is 0 Å². The van der Waals surface area contributed by atoms with E-state index in [9.17, 15) is 9.59 Å². The summed E-state index contributed by atoms with van der Waals surface area (Å²) >= 11 is 0. The van der Waals surface area contributed by atoms with Crippen LogP contribution in [0.4, 0.5) is 9.59 Å². The minimum Gasteiger partial charge on any atom is -0.450 e. The Morgan fingerprint density at radius 2 is 1.57 bits per heavy atom. The van der Waals surface area contributed by atoms with Crippen LogP contribution in [0.1, 0.15) is 43.2 Å². The van der Waals surface area contributed by atoms with E-state index in [4.69, 9.17) is 4.74 Å². The second-order valence-electron chi connectivity index (χ2n) is 7.52. The number of piperidine rings is 1. The van der Waals surface area contributed by atoms with Crippen molar-refractivity contribution in [2.45, 2.75) is 38.1 Å². The fourth-order valence-electron chi connectivity index (χ4n) is 3.88. The maximum absolute atomic E-state index is 12.4. The van der Waals surface area contributed by atoms with Crippen molar-refractivity contribution in [1.82, 2.24) is 15.5 Å². The Hall–Kier alpha value is -3.02.